The summed E-state index contributed by atoms with van der Waals surface area (Å²) in [4.78, 5) is 2.45. The molecule has 1 atom stereocenters. The number of rotatable bonds is 4. The van der Waals surface area contributed by atoms with Gasteiger partial charge in [-0.3, -0.25) is 4.90 Å². The Labute approximate surface area is 120 Å². The predicted octanol–water partition coefficient (Wildman–Crippen LogP) is 3.17. The van der Waals surface area contributed by atoms with Gasteiger partial charge in [0.2, 0.25) is 0 Å². The highest BCUT2D eigenvalue weighted by molar-refractivity contribution is 6.33. The highest BCUT2D eigenvalue weighted by atomic mass is 35.5. The minimum Gasteiger partial charge on any atom is -0.381 e. The highest BCUT2D eigenvalue weighted by Gasteiger charge is 2.22. The minimum atomic E-state index is 0.229. The number of aryl methyl sites for hydroxylation is 1. The Bertz CT molecular complexity index is 423. The van der Waals surface area contributed by atoms with E-state index in [1.807, 2.05) is 12.1 Å². The van der Waals surface area contributed by atoms with Crippen molar-refractivity contribution in [1.29, 1.82) is 0 Å². The summed E-state index contributed by atoms with van der Waals surface area (Å²) in [5.74, 6) is 0. The Balaban J connectivity index is 1.89. The molecule has 1 aromatic rings. The minimum absolute atomic E-state index is 0.229. The van der Waals surface area contributed by atoms with Crippen LogP contribution in [0.2, 0.25) is 5.02 Å². The average Bonchev–Trinajstić information content (AvgIpc) is 2.40. The molecule has 0 bridgehead atoms. The zero-order chi connectivity index (χ0) is 13.8. The first-order valence-corrected chi connectivity index (χ1v) is 7.29. The van der Waals surface area contributed by atoms with E-state index >= 15 is 0 Å². The molecule has 0 saturated carbocycles. The number of anilines is 1. The van der Waals surface area contributed by atoms with Gasteiger partial charge in [-0.2, -0.15) is 0 Å². The second kappa shape index (κ2) is 6.60. The van der Waals surface area contributed by atoms with Crippen molar-refractivity contribution in [1.82, 2.24) is 4.90 Å². The molecule has 0 amide bonds. The Morgan fingerprint density at radius 1 is 1.47 bits per heavy atom. The quantitative estimate of drug-likeness (QED) is 0.918. The van der Waals surface area contributed by atoms with E-state index in [0.717, 1.165) is 37.0 Å². The molecule has 3 nitrogen and oxygen atoms in total. The SMILES string of the molecule is Cc1ccc(Cl)c(NCC2CN(C(C)C)CCO2)c1. The maximum Gasteiger partial charge on any atom is 0.0874 e. The summed E-state index contributed by atoms with van der Waals surface area (Å²) in [6, 6.07) is 6.60. The third-order valence-electron chi connectivity index (χ3n) is 3.54. The van der Waals surface area contributed by atoms with Gasteiger partial charge in [0, 0.05) is 25.7 Å². The number of ether oxygens (including phenoxy) is 1. The maximum atomic E-state index is 6.18. The molecule has 0 radical (unpaired) electrons. The molecule has 1 heterocycles. The molecule has 2 rings (SSSR count). The second-order valence-electron chi connectivity index (χ2n) is 5.45. The lowest BCUT2D eigenvalue weighted by atomic mass is 10.2. The van der Waals surface area contributed by atoms with Crippen LogP contribution >= 0.6 is 11.6 Å². The van der Waals surface area contributed by atoms with E-state index in [-0.39, 0.29) is 6.10 Å². The zero-order valence-electron chi connectivity index (χ0n) is 11.9. The fraction of sp³-hybridized carbons (Fsp3) is 0.600. The van der Waals surface area contributed by atoms with Crippen LogP contribution in [-0.4, -0.2) is 43.3 Å². The van der Waals surface area contributed by atoms with Gasteiger partial charge in [-0.1, -0.05) is 17.7 Å². The lowest BCUT2D eigenvalue weighted by molar-refractivity contribution is -0.0315. The molecule has 0 spiro atoms. The van der Waals surface area contributed by atoms with Crippen LogP contribution in [0.1, 0.15) is 19.4 Å². The fourth-order valence-electron chi connectivity index (χ4n) is 2.33. The second-order valence-corrected chi connectivity index (χ2v) is 5.85. The zero-order valence-corrected chi connectivity index (χ0v) is 12.7. The van der Waals surface area contributed by atoms with Crippen LogP contribution in [0.4, 0.5) is 5.69 Å². The molecule has 1 aliphatic heterocycles. The molecule has 1 aromatic carbocycles. The lowest BCUT2D eigenvalue weighted by Crippen LogP contribution is -2.48. The van der Waals surface area contributed by atoms with E-state index in [4.69, 9.17) is 16.3 Å². The van der Waals surface area contributed by atoms with Crippen molar-refractivity contribution in [2.45, 2.75) is 32.9 Å². The van der Waals surface area contributed by atoms with Crippen molar-refractivity contribution in [3.63, 3.8) is 0 Å². The number of morpholine rings is 1. The van der Waals surface area contributed by atoms with Crippen LogP contribution in [0.25, 0.3) is 0 Å². The van der Waals surface area contributed by atoms with Crippen LogP contribution in [0.5, 0.6) is 0 Å². The molecule has 1 N–H and O–H groups in total. The predicted molar refractivity (Wildman–Crippen MR) is 81.1 cm³/mol. The molecule has 4 heteroatoms. The topological polar surface area (TPSA) is 24.5 Å². The molecule has 1 saturated heterocycles. The van der Waals surface area contributed by atoms with E-state index in [1.54, 1.807) is 0 Å². The number of benzene rings is 1. The largest absolute Gasteiger partial charge is 0.381 e. The molecule has 0 aliphatic carbocycles. The lowest BCUT2D eigenvalue weighted by Gasteiger charge is -2.35. The molecular weight excluding hydrogens is 260 g/mol. The van der Waals surface area contributed by atoms with E-state index in [1.165, 1.54) is 5.56 Å². The molecule has 1 unspecified atom stereocenters. The van der Waals surface area contributed by atoms with Crippen LogP contribution in [-0.2, 0) is 4.74 Å². The van der Waals surface area contributed by atoms with Gasteiger partial charge in [-0.15, -0.1) is 0 Å². The summed E-state index contributed by atoms with van der Waals surface area (Å²) in [5.41, 5.74) is 2.20. The Hall–Kier alpha value is -0.770. The van der Waals surface area contributed by atoms with Crippen LogP contribution in [0.15, 0.2) is 18.2 Å². The van der Waals surface area contributed by atoms with Crippen LogP contribution in [0.3, 0.4) is 0 Å². The van der Waals surface area contributed by atoms with Gasteiger partial charge in [0.1, 0.15) is 0 Å². The smallest absolute Gasteiger partial charge is 0.0874 e. The summed E-state index contributed by atoms with van der Waals surface area (Å²) in [7, 11) is 0. The number of halogens is 1. The number of hydrogen-bond donors (Lipinski definition) is 1. The number of hydrogen-bond acceptors (Lipinski definition) is 3. The van der Waals surface area contributed by atoms with Crippen molar-refractivity contribution < 1.29 is 4.74 Å². The van der Waals surface area contributed by atoms with Gasteiger partial charge in [0.25, 0.3) is 0 Å². The first-order valence-electron chi connectivity index (χ1n) is 6.92. The summed E-state index contributed by atoms with van der Waals surface area (Å²) >= 11 is 6.18. The molecule has 19 heavy (non-hydrogen) atoms. The maximum absolute atomic E-state index is 6.18. The van der Waals surface area contributed by atoms with E-state index in [0.29, 0.717) is 6.04 Å². The third kappa shape index (κ3) is 4.10. The Kier molecular flexibility index (Phi) is 5.08. The van der Waals surface area contributed by atoms with Crippen LogP contribution < -0.4 is 5.32 Å². The first kappa shape index (κ1) is 14.6. The molecular formula is C15H23ClN2O. The van der Waals surface area contributed by atoms with Crippen LogP contribution in [0, 0.1) is 6.92 Å². The third-order valence-corrected chi connectivity index (χ3v) is 3.87. The average molecular weight is 283 g/mol. The monoisotopic (exact) mass is 282 g/mol. The summed E-state index contributed by atoms with van der Waals surface area (Å²) in [6.45, 7) is 10.1. The molecule has 0 aromatic heterocycles. The van der Waals surface area contributed by atoms with Gasteiger partial charge in [0.05, 0.1) is 23.4 Å². The van der Waals surface area contributed by atoms with Crippen molar-refractivity contribution in [3.8, 4) is 0 Å². The Morgan fingerprint density at radius 2 is 2.26 bits per heavy atom. The van der Waals surface area contributed by atoms with Gasteiger partial charge in [-0.25, -0.2) is 0 Å². The molecule has 106 valence electrons. The molecule has 1 aliphatic rings. The normalized spacial score (nSPS) is 20.8. The summed E-state index contributed by atoms with van der Waals surface area (Å²) in [6.07, 6.45) is 0.229. The van der Waals surface area contributed by atoms with E-state index in [2.05, 4.69) is 37.1 Å². The van der Waals surface area contributed by atoms with Crippen molar-refractivity contribution in [2.75, 3.05) is 31.6 Å². The van der Waals surface area contributed by atoms with Gasteiger partial charge in [-0.05, 0) is 38.5 Å². The van der Waals surface area contributed by atoms with E-state index in [9.17, 15) is 0 Å². The van der Waals surface area contributed by atoms with Crippen molar-refractivity contribution in [3.05, 3.63) is 28.8 Å². The molecule has 1 fully saturated rings. The number of nitrogens with zero attached hydrogens (tertiary/aromatic N) is 1. The summed E-state index contributed by atoms with van der Waals surface area (Å²) < 4.78 is 5.80. The standard InChI is InChI=1S/C15H23ClN2O/c1-11(2)18-6-7-19-13(10-18)9-17-15-8-12(3)4-5-14(15)16/h4-5,8,11,13,17H,6-7,9-10H2,1-3H3. The number of nitrogens with one attached hydrogen (secondary N) is 1. The highest BCUT2D eigenvalue weighted by Crippen LogP contribution is 2.23. The Morgan fingerprint density at radius 3 is 3.00 bits per heavy atom. The van der Waals surface area contributed by atoms with E-state index < -0.39 is 0 Å². The van der Waals surface area contributed by atoms with Crippen molar-refractivity contribution >= 4 is 17.3 Å². The summed E-state index contributed by atoms with van der Waals surface area (Å²) in [5, 5.41) is 4.17. The van der Waals surface area contributed by atoms with Crippen molar-refractivity contribution in [2.24, 2.45) is 0 Å². The van der Waals surface area contributed by atoms with Gasteiger partial charge < -0.3 is 10.1 Å². The first-order chi connectivity index (χ1) is 9.06. The van der Waals surface area contributed by atoms with Gasteiger partial charge >= 0.3 is 0 Å². The fourth-order valence-corrected chi connectivity index (χ4v) is 2.52. The van der Waals surface area contributed by atoms with Gasteiger partial charge in [0.15, 0.2) is 0 Å².